The number of thioether (sulfide) groups is 1. The van der Waals surface area contributed by atoms with Crippen molar-refractivity contribution < 1.29 is 0 Å². The van der Waals surface area contributed by atoms with Gasteiger partial charge >= 0.3 is 0 Å². The van der Waals surface area contributed by atoms with E-state index in [4.69, 9.17) is 11.6 Å². The van der Waals surface area contributed by atoms with E-state index in [2.05, 4.69) is 17.2 Å². The lowest BCUT2D eigenvalue weighted by Gasteiger charge is -2.13. The Labute approximate surface area is 93.4 Å². The van der Waals surface area contributed by atoms with Gasteiger partial charge in [0, 0.05) is 23.2 Å². The maximum atomic E-state index is 6.03. The monoisotopic (exact) mass is 228 g/mol. The molecule has 0 aliphatic carbocycles. The fraction of sp³-hybridized carbons (Fsp3) is 0.500. The third kappa shape index (κ3) is 2.34. The lowest BCUT2D eigenvalue weighted by atomic mass is 10.2. The second-order valence-corrected chi connectivity index (χ2v) is 5.46. The second kappa shape index (κ2) is 4.41. The minimum atomic E-state index is 0.539. The van der Waals surface area contributed by atoms with Gasteiger partial charge in [-0.1, -0.05) is 18.5 Å². The fourth-order valence-corrected chi connectivity index (χ4v) is 2.93. The fourth-order valence-electron chi connectivity index (χ4n) is 1.62. The van der Waals surface area contributed by atoms with Crippen LogP contribution in [0.25, 0.3) is 0 Å². The van der Waals surface area contributed by atoms with Gasteiger partial charge in [-0.25, -0.2) is 0 Å². The molecule has 4 heteroatoms. The number of halogens is 1. The van der Waals surface area contributed by atoms with Crippen molar-refractivity contribution in [1.82, 2.24) is 4.98 Å². The molecule has 2 heterocycles. The molecule has 2 nitrogen and oxygen atoms in total. The Kier molecular flexibility index (Phi) is 3.19. The maximum absolute atomic E-state index is 6.03. The van der Waals surface area contributed by atoms with Crippen LogP contribution in [-0.2, 0) is 0 Å². The summed E-state index contributed by atoms with van der Waals surface area (Å²) in [6.07, 6.45) is 4.70. The standard InChI is InChI=1S/C10H13ClN2S/c1-7-4-8(6-14-7)13-10-5-12-3-2-9(10)11/h2-3,5,7-8,13H,4,6H2,1H3. The largest absolute Gasteiger partial charge is 0.379 e. The summed E-state index contributed by atoms with van der Waals surface area (Å²) < 4.78 is 0. The summed E-state index contributed by atoms with van der Waals surface area (Å²) in [5.41, 5.74) is 0.953. The molecule has 1 aliphatic heterocycles. The predicted octanol–water partition coefficient (Wildman–Crippen LogP) is 3.04. The summed E-state index contributed by atoms with van der Waals surface area (Å²) in [6.45, 7) is 2.26. The van der Waals surface area contributed by atoms with Gasteiger partial charge in [0.25, 0.3) is 0 Å². The summed E-state index contributed by atoms with van der Waals surface area (Å²) in [5, 5.41) is 4.93. The van der Waals surface area contributed by atoms with E-state index >= 15 is 0 Å². The Morgan fingerprint density at radius 2 is 2.50 bits per heavy atom. The Balaban J connectivity index is 2.01. The number of hydrogen-bond donors (Lipinski definition) is 1. The molecule has 1 aromatic rings. The topological polar surface area (TPSA) is 24.9 Å². The van der Waals surface area contributed by atoms with Crippen LogP contribution in [0.15, 0.2) is 18.5 Å². The van der Waals surface area contributed by atoms with Gasteiger partial charge in [0.15, 0.2) is 0 Å². The average molecular weight is 229 g/mol. The van der Waals surface area contributed by atoms with Crippen molar-refractivity contribution in [1.29, 1.82) is 0 Å². The molecule has 2 atom stereocenters. The van der Waals surface area contributed by atoms with Gasteiger partial charge in [0.05, 0.1) is 16.9 Å². The van der Waals surface area contributed by atoms with Gasteiger partial charge in [-0.3, -0.25) is 4.98 Å². The molecule has 1 N–H and O–H groups in total. The van der Waals surface area contributed by atoms with E-state index in [1.807, 2.05) is 17.8 Å². The highest BCUT2D eigenvalue weighted by Gasteiger charge is 2.21. The van der Waals surface area contributed by atoms with Crippen molar-refractivity contribution in [3.63, 3.8) is 0 Å². The van der Waals surface area contributed by atoms with Crippen LogP contribution < -0.4 is 5.32 Å². The molecule has 0 spiro atoms. The van der Waals surface area contributed by atoms with Gasteiger partial charge < -0.3 is 5.32 Å². The minimum Gasteiger partial charge on any atom is -0.379 e. The van der Waals surface area contributed by atoms with Crippen LogP contribution in [0.3, 0.4) is 0 Å². The van der Waals surface area contributed by atoms with E-state index in [-0.39, 0.29) is 0 Å². The van der Waals surface area contributed by atoms with E-state index in [0.717, 1.165) is 21.7 Å². The van der Waals surface area contributed by atoms with Crippen LogP contribution >= 0.6 is 23.4 Å². The summed E-state index contributed by atoms with van der Waals surface area (Å²) >= 11 is 8.03. The molecule has 1 fully saturated rings. The highest BCUT2D eigenvalue weighted by atomic mass is 35.5. The molecule has 0 saturated carbocycles. The molecule has 0 bridgehead atoms. The first kappa shape index (κ1) is 10.1. The zero-order valence-electron chi connectivity index (χ0n) is 8.03. The third-order valence-electron chi connectivity index (χ3n) is 2.33. The summed E-state index contributed by atoms with van der Waals surface area (Å²) in [5.74, 6) is 1.16. The number of rotatable bonds is 2. The molecule has 0 amide bonds. The van der Waals surface area contributed by atoms with E-state index < -0.39 is 0 Å². The zero-order valence-corrected chi connectivity index (χ0v) is 9.61. The SMILES string of the molecule is CC1CC(Nc2cnccc2Cl)CS1. The minimum absolute atomic E-state index is 0.539. The average Bonchev–Trinajstić information content (AvgIpc) is 2.56. The van der Waals surface area contributed by atoms with Gasteiger partial charge in [0.1, 0.15) is 0 Å². The van der Waals surface area contributed by atoms with E-state index in [9.17, 15) is 0 Å². The van der Waals surface area contributed by atoms with Crippen molar-refractivity contribution in [2.75, 3.05) is 11.1 Å². The van der Waals surface area contributed by atoms with Crippen LogP contribution in [0, 0.1) is 0 Å². The third-order valence-corrected chi connectivity index (χ3v) is 4.01. The van der Waals surface area contributed by atoms with Gasteiger partial charge in [-0.05, 0) is 12.5 Å². The van der Waals surface area contributed by atoms with Crippen molar-refractivity contribution in [2.45, 2.75) is 24.6 Å². The quantitative estimate of drug-likeness (QED) is 0.843. The van der Waals surface area contributed by atoms with E-state index in [0.29, 0.717) is 6.04 Å². The lowest BCUT2D eigenvalue weighted by Crippen LogP contribution is -2.19. The van der Waals surface area contributed by atoms with Crippen LogP contribution in [0.5, 0.6) is 0 Å². The predicted molar refractivity (Wildman–Crippen MR) is 63.2 cm³/mol. The molecule has 1 aliphatic rings. The first-order valence-electron chi connectivity index (χ1n) is 4.73. The van der Waals surface area contributed by atoms with Gasteiger partial charge in [-0.2, -0.15) is 11.8 Å². The van der Waals surface area contributed by atoms with Crippen molar-refractivity contribution in [3.8, 4) is 0 Å². The van der Waals surface area contributed by atoms with Gasteiger partial charge in [0.2, 0.25) is 0 Å². The number of nitrogens with one attached hydrogen (secondary N) is 1. The number of nitrogens with zero attached hydrogens (tertiary/aromatic N) is 1. The molecule has 1 saturated heterocycles. The molecular formula is C10H13ClN2S. The van der Waals surface area contributed by atoms with Crippen LogP contribution in [0.1, 0.15) is 13.3 Å². The molecule has 14 heavy (non-hydrogen) atoms. The normalized spacial score (nSPS) is 26.4. The Morgan fingerprint density at radius 3 is 3.14 bits per heavy atom. The van der Waals surface area contributed by atoms with E-state index in [1.54, 1.807) is 12.4 Å². The first-order chi connectivity index (χ1) is 6.75. The van der Waals surface area contributed by atoms with Crippen molar-refractivity contribution >= 4 is 29.1 Å². The molecule has 0 radical (unpaired) electrons. The summed E-state index contributed by atoms with van der Waals surface area (Å²) in [6, 6.07) is 2.35. The summed E-state index contributed by atoms with van der Waals surface area (Å²) in [4.78, 5) is 4.05. The highest BCUT2D eigenvalue weighted by molar-refractivity contribution is 8.00. The molecule has 2 rings (SSSR count). The summed E-state index contributed by atoms with van der Waals surface area (Å²) in [7, 11) is 0. The molecule has 2 unspecified atom stereocenters. The second-order valence-electron chi connectivity index (χ2n) is 3.58. The number of pyridine rings is 1. The Morgan fingerprint density at radius 1 is 1.64 bits per heavy atom. The number of hydrogen-bond acceptors (Lipinski definition) is 3. The molecule has 76 valence electrons. The van der Waals surface area contributed by atoms with Crippen LogP contribution in [-0.4, -0.2) is 22.0 Å². The highest BCUT2D eigenvalue weighted by Crippen LogP contribution is 2.29. The van der Waals surface area contributed by atoms with Crippen LogP contribution in [0.2, 0.25) is 5.02 Å². The van der Waals surface area contributed by atoms with Crippen molar-refractivity contribution in [3.05, 3.63) is 23.5 Å². The Bertz CT molecular complexity index is 319. The molecular weight excluding hydrogens is 216 g/mol. The number of aromatic nitrogens is 1. The van der Waals surface area contributed by atoms with Gasteiger partial charge in [-0.15, -0.1) is 0 Å². The lowest BCUT2D eigenvalue weighted by molar-refractivity contribution is 0.746. The smallest absolute Gasteiger partial charge is 0.0718 e. The van der Waals surface area contributed by atoms with E-state index in [1.165, 1.54) is 6.42 Å². The van der Waals surface area contributed by atoms with Crippen molar-refractivity contribution in [2.24, 2.45) is 0 Å². The van der Waals surface area contributed by atoms with Crippen LogP contribution in [0.4, 0.5) is 5.69 Å². The Hall–Kier alpha value is -0.410. The first-order valence-corrected chi connectivity index (χ1v) is 6.16. The maximum Gasteiger partial charge on any atom is 0.0718 e. The molecule has 1 aromatic heterocycles. The molecule has 0 aromatic carbocycles. The zero-order chi connectivity index (χ0) is 9.97. The number of anilines is 1.